The number of oxime groups is 1. The van der Waals surface area contributed by atoms with E-state index >= 15 is 0 Å². The summed E-state index contributed by atoms with van der Waals surface area (Å²) in [5.41, 5.74) is 6.23. The van der Waals surface area contributed by atoms with E-state index in [0.29, 0.717) is 17.8 Å². The van der Waals surface area contributed by atoms with E-state index in [0.717, 1.165) is 4.31 Å². The summed E-state index contributed by atoms with van der Waals surface area (Å²) in [5, 5.41) is 11.7. The molecule has 0 spiro atoms. The molecule has 7 nitrogen and oxygen atoms in total. The number of nitrogens with two attached hydrogens (primary N) is 1. The highest BCUT2D eigenvalue weighted by Crippen LogP contribution is 2.21. The van der Waals surface area contributed by atoms with Crippen LogP contribution in [0.4, 0.5) is 5.69 Å². The number of anilines is 1. The summed E-state index contributed by atoms with van der Waals surface area (Å²) in [5.74, 6) is 0.0454. The fraction of sp³-hybridized carbons (Fsp3) is 0.417. The van der Waals surface area contributed by atoms with E-state index in [1.807, 2.05) is 13.8 Å². The molecule has 20 heavy (non-hydrogen) atoms. The second-order valence-electron chi connectivity index (χ2n) is 4.72. The molecule has 0 saturated heterocycles. The van der Waals surface area contributed by atoms with Crippen molar-refractivity contribution < 1.29 is 13.6 Å². The number of hydrogen-bond donors (Lipinski definition) is 3. The van der Waals surface area contributed by atoms with Gasteiger partial charge in [0.05, 0.1) is 5.69 Å². The van der Waals surface area contributed by atoms with Crippen LogP contribution in [0, 0.1) is 5.92 Å². The third-order valence-electron chi connectivity index (χ3n) is 2.66. The van der Waals surface area contributed by atoms with Crippen molar-refractivity contribution in [2.75, 3.05) is 17.9 Å². The highest BCUT2D eigenvalue weighted by atomic mass is 32.2. The van der Waals surface area contributed by atoms with E-state index in [2.05, 4.69) is 9.88 Å². The molecule has 0 aliphatic rings. The molecule has 0 amide bonds. The van der Waals surface area contributed by atoms with Crippen LogP contribution in [-0.4, -0.2) is 33.1 Å². The maximum absolute atomic E-state index is 12.2. The average molecular weight is 300 g/mol. The lowest BCUT2D eigenvalue weighted by Crippen LogP contribution is -2.40. The quantitative estimate of drug-likeness (QED) is 0.311. The average Bonchev–Trinajstić information content (AvgIpc) is 2.43. The lowest BCUT2D eigenvalue weighted by molar-refractivity contribution is 0.318. The molecule has 112 valence electrons. The van der Waals surface area contributed by atoms with Crippen molar-refractivity contribution >= 4 is 21.7 Å². The SMILES string of the molecule is CC(C)CNS(=O)(=O)N(C)c1ccccc1/C(N)=N/O. The number of nitrogens with zero attached hydrogens (tertiary/aromatic N) is 2. The Bertz CT molecular complexity index is 584. The molecule has 0 unspecified atom stereocenters. The van der Waals surface area contributed by atoms with Crippen molar-refractivity contribution in [2.24, 2.45) is 16.8 Å². The normalized spacial score (nSPS) is 12.7. The van der Waals surface area contributed by atoms with Crippen LogP contribution in [-0.2, 0) is 10.2 Å². The number of rotatable bonds is 6. The first-order chi connectivity index (χ1) is 9.29. The summed E-state index contributed by atoms with van der Waals surface area (Å²) in [6.07, 6.45) is 0. The summed E-state index contributed by atoms with van der Waals surface area (Å²) < 4.78 is 27.9. The van der Waals surface area contributed by atoms with E-state index in [9.17, 15) is 8.42 Å². The van der Waals surface area contributed by atoms with Gasteiger partial charge in [0, 0.05) is 19.2 Å². The minimum absolute atomic E-state index is 0.147. The van der Waals surface area contributed by atoms with E-state index in [1.165, 1.54) is 7.05 Å². The van der Waals surface area contributed by atoms with Crippen LogP contribution >= 0.6 is 0 Å². The van der Waals surface area contributed by atoms with Crippen molar-refractivity contribution in [3.05, 3.63) is 29.8 Å². The number of amidine groups is 1. The third kappa shape index (κ3) is 3.84. The monoisotopic (exact) mass is 300 g/mol. The Morgan fingerprint density at radius 3 is 2.60 bits per heavy atom. The Balaban J connectivity index is 3.12. The van der Waals surface area contributed by atoms with Crippen LogP contribution in [0.15, 0.2) is 29.4 Å². The summed E-state index contributed by atoms with van der Waals surface area (Å²) in [7, 11) is -2.27. The molecule has 0 aliphatic carbocycles. The topological polar surface area (TPSA) is 108 Å². The molecule has 4 N–H and O–H groups in total. The fourth-order valence-corrected chi connectivity index (χ4v) is 2.67. The summed E-state index contributed by atoms with van der Waals surface area (Å²) in [6.45, 7) is 4.15. The Morgan fingerprint density at radius 1 is 1.45 bits per heavy atom. The third-order valence-corrected chi connectivity index (χ3v) is 4.11. The van der Waals surface area contributed by atoms with Crippen LogP contribution < -0.4 is 14.8 Å². The van der Waals surface area contributed by atoms with Crippen LogP contribution in [0.1, 0.15) is 19.4 Å². The van der Waals surface area contributed by atoms with Crippen LogP contribution in [0.5, 0.6) is 0 Å². The standard InChI is InChI=1S/C12H20N4O3S/c1-9(2)8-14-20(18,19)16(3)11-7-5-4-6-10(11)12(13)15-17/h4-7,9,14,17H,8H2,1-3H3,(H2,13,15). The number of benzene rings is 1. The van der Waals surface area contributed by atoms with Gasteiger partial charge in [-0.05, 0) is 18.1 Å². The van der Waals surface area contributed by atoms with Gasteiger partial charge < -0.3 is 10.9 Å². The molecule has 1 aromatic carbocycles. The first-order valence-corrected chi connectivity index (χ1v) is 7.54. The highest BCUT2D eigenvalue weighted by molar-refractivity contribution is 7.90. The molecular weight excluding hydrogens is 280 g/mol. The minimum atomic E-state index is -3.68. The van der Waals surface area contributed by atoms with Gasteiger partial charge in [-0.1, -0.05) is 31.1 Å². The fourth-order valence-electron chi connectivity index (χ4n) is 1.52. The summed E-state index contributed by atoms with van der Waals surface area (Å²) in [4.78, 5) is 0. The molecule has 0 heterocycles. The lowest BCUT2D eigenvalue weighted by Gasteiger charge is -2.22. The molecule has 1 aromatic rings. The minimum Gasteiger partial charge on any atom is -0.409 e. The highest BCUT2D eigenvalue weighted by Gasteiger charge is 2.21. The summed E-state index contributed by atoms with van der Waals surface area (Å²) in [6, 6.07) is 6.53. The Labute approximate surface area is 119 Å². The van der Waals surface area contributed by atoms with Crippen molar-refractivity contribution in [1.82, 2.24) is 4.72 Å². The van der Waals surface area contributed by atoms with Gasteiger partial charge in [0.2, 0.25) is 0 Å². The second kappa shape index (κ2) is 6.58. The first kappa shape index (κ1) is 16.3. The summed E-state index contributed by atoms with van der Waals surface area (Å²) >= 11 is 0. The predicted molar refractivity (Wildman–Crippen MR) is 79.1 cm³/mol. The van der Waals surface area contributed by atoms with Gasteiger partial charge in [0.25, 0.3) is 0 Å². The largest absolute Gasteiger partial charge is 0.409 e. The van der Waals surface area contributed by atoms with Crippen molar-refractivity contribution in [1.29, 1.82) is 0 Å². The Morgan fingerprint density at radius 2 is 2.05 bits per heavy atom. The molecular formula is C12H20N4O3S. The molecule has 0 saturated carbocycles. The second-order valence-corrected chi connectivity index (χ2v) is 6.50. The van der Waals surface area contributed by atoms with E-state index in [4.69, 9.17) is 10.9 Å². The number of hydrogen-bond acceptors (Lipinski definition) is 4. The van der Waals surface area contributed by atoms with Crippen LogP contribution in [0.2, 0.25) is 0 Å². The Hall–Kier alpha value is -1.80. The van der Waals surface area contributed by atoms with Gasteiger partial charge in [0.1, 0.15) is 0 Å². The molecule has 8 heteroatoms. The zero-order chi connectivity index (χ0) is 15.3. The zero-order valence-electron chi connectivity index (χ0n) is 11.7. The molecule has 1 rings (SSSR count). The maximum atomic E-state index is 12.2. The van der Waals surface area contributed by atoms with Crippen molar-refractivity contribution in [2.45, 2.75) is 13.8 Å². The smallest absolute Gasteiger partial charge is 0.301 e. The van der Waals surface area contributed by atoms with E-state index < -0.39 is 10.2 Å². The van der Waals surface area contributed by atoms with E-state index in [-0.39, 0.29) is 11.8 Å². The molecule has 0 bridgehead atoms. The van der Waals surface area contributed by atoms with Gasteiger partial charge in [-0.25, -0.2) is 0 Å². The molecule has 0 aromatic heterocycles. The van der Waals surface area contributed by atoms with Gasteiger partial charge in [-0.2, -0.15) is 13.1 Å². The molecule has 0 fully saturated rings. The van der Waals surface area contributed by atoms with Crippen molar-refractivity contribution in [3.8, 4) is 0 Å². The van der Waals surface area contributed by atoms with Gasteiger partial charge >= 0.3 is 10.2 Å². The van der Waals surface area contributed by atoms with Crippen molar-refractivity contribution in [3.63, 3.8) is 0 Å². The van der Waals surface area contributed by atoms with Gasteiger partial charge in [0.15, 0.2) is 5.84 Å². The molecule has 0 aliphatic heterocycles. The predicted octanol–water partition coefficient (Wildman–Crippen LogP) is 0.708. The van der Waals surface area contributed by atoms with Crippen LogP contribution in [0.3, 0.4) is 0 Å². The number of para-hydroxylation sites is 1. The first-order valence-electron chi connectivity index (χ1n) is 6.10. The van der Waals surface area contributed by atoms with Gasteiger partial charge in [-0.15, -0.1) is 0 Å². The lowest BCUT2D eigenvalue weighted by atomic mass is 10.1. The maximum Gasteiger partial charge on any atom is 0.301 e. The van der Waals surface area contributed by atoms with Crippen LogP contribution in [0.25, 0.3) is 0 Å². The molecule has 0 atom stereocenters. The van der Waals surface area contributed by atoms with Gasteiger partial charge in [-0.3, -0.25) is 4.31 Å². The zero-order valence-corrected chi connectivity index (χ0v) is 12.6. The molecule has 0 radical (unpaired) electrons. The number of nitrogens with one attached hydrogen (secondary N) is 1. The Kier molecular flexibility index (Phi) is 5.34. The van der Waals surface area contributed by atoms with E-state index in [1.54, 1.807) is 24.3 Å².